The molecule has 2 aromatic carbocycles. The van der Waals surface area contributed by atoms with E-state index < -0.39 is 6.10 Å². The number of amides is 1. The van der Waals surface area contributed by atoms with Crippen LogP contribution in [-0.2, 0) is 4.79 Å². The summed E-state index contributed by atoms with van der Waals surface area (Å²) in [5.74, 6) is 0.398. The zero-order valence-corrected chi connectivity index (χ0v) is 13.1. The molecular weight excluding hydrogens is 342 g/mol. The minimum absolute atomic E-state index is 0.206. The van der Waals surface area contributed by atoms with E-state index in [4.69, 9.17) is 16.3 Å². The Morgan fingerprint density at radius 3 is 2.35 bits per heavy atom. The van der Waals surface area contributed by atoms with Crippen molar-refractivity contribution in [1.82, 2.24) is 0 Å². The fourth-order valence-electron chi connectivity index (χ4n) is 1.55. The molecule has 3 nitrogen and oxygen atoms in total. The molecule has 0 fully saturated rings. The SMILES string of the molecule is C[C@@H](Oc1ccc(Cl)cc1)C(=O)Nc1ccc(Br)cc1. The third kappa shape index (κ3) is 4.25. The third-order valence-corrected chi connectivity index (χ3v) is 3.39. The first-order valence-electron chi connectivity index (χ1n) is 6.03. The second-order valence-electron chi connectivity index (χ2n) is 4.21. The molecule has 2 rings (SSSR count). The first-order valence-corrected chi connectivity index (χ1v) is 7.20. The topological polar surface area (TPSA) is 38.3 Å². The number of hydrogen-bond donors (Lipinski definition) is 1. The smallest absolute Gasteiger partial charge is 0.265 e. The van der Waals surface area contributed by atoms with E-state index in [9.17, 15) is 4.79 Å². The summed E-state index contributed by atoms with van der Waals surface area (Å²) in [6, 6.07) is 14.2. The highest BCUT2D eigenvalue weighted by Crippen LogP contribution is 2.18. The van der Waals surface area contributed by atoms with Crippen molar-refractivity contribution >= 4 is 39.1 Å². The molecule has 0 heterocycles. The van der Waals surface area contributed by atoms with Crippen molar-refractivity contribution in [3.8, 4) is 5.75 Å². The summed E-state index contributed by atoms with van der Waals surface area (Å²) in [5.41, 5.74) is 0.727. The molecular formula is C15H13BrClNO2. The normalized spacial score (nSPS) is 11.8. The first-order chi connectivity index (χ1) is 9.54. The maximum atomic E-state index is 12.0. The van der Waals surface area contributed by atoms with Crippen molar-refractivity contribution in [2.75, 3.05) is 5.32 Å². The lowest BCUT2D eigenvalue weighted by Gasteiger charge is -2.14. The minimum Gasteiger partial charge on any atom is -0.481 e. The Morgan fingerprint density at radius 2 is 1.75 bits per heavy atom. The Kier molecular flexibility index (Phi) is 5.04. The van der Waals surface area contributed by atoms with E-state index in [1.54, 1.807) is 31.2 Å². The average Bonchev–Trinajstić information content (AvgIpc) is 2.44. The average molecular weight is 355 g/mol. The van der Waals surface area contributed by atoms with Gasteiger partial charge in [0.2, 0.25) is 0 Å². The lowest BCUT2D eigenvalue weighted by Crippen LogP contribution is -2.30. The predicted molar refractivity (Wildman–Crippen MR) is 84.3 cm³/mol. The maximum absolute atomic E-state index is 12.0. The molecule has 1 atom stereocenters. The second-order valence-corrected chi connectivity index (χ2v) is 5.56. The van der Waals surface area contributed by atoms with E-state index in [0.29, 0.717) is 10.8 Å². The number of hydrogen-bond acceptors (Lipinski definition) is 2. The predicted octanol–water partition coefficient (Wildman–Crippen LogP) is 4.51. The number of carbonyl (C=O) groups excluding carboxylic acids is 1. The largest absolute Gasteiger partial charge is 0.481 e. The van der Waals surface area contributed by atoms with Gasteiger partial charge in [0.15, 0.2) is 6.10 Å². The van der Waals surface area contributed by atoms with Gasteiger partial charge in [0, 0.05) is 15.2 Å². The highest BCUT2D eigenvalue weighted by atomic mass is 79.9. The summed E-state index contributed by atoms with van der Waals surface area (Å²) in [6.45, 7) is 1.70. The molecule has 0 aliphatic carbocycles. The standard InChI is InChI=1S/C15H13BrClNO2/c1-10(20-14-8-4-12(17)5-9-14)15(19)18-13-6-2-11(16)3-7-13/h2-10H,1H3,(H,18,19)/t10-/m1/s1. The van der Waals surface area contributed by atoms with Crippen LogP contribution in [0.1, 0.15) is 6.92 Å². The second kappa shape index (κ2) is 6.77. The zero-order chi connectivity index (χ0) is 14.5. The number of rotatable bonds is 4. The maximum Gasteiger partial charge on any atom is 0.265 e. The van der Waals surface area contributed by atoms with Crippen LogP contribution in [0.25, 0.3) is 0 Å². The molecule has 0 aliphatic heterocycles. The Bertz CT molecular complexity index is 584. The van der Waals surface area contributed by atoms with Crippen LogP contribution in [0.4, 0.5) is 5.69 Å². The highest BCUT2D eigenvalue weighted by molar-refractivity contribution is 9.10. The minimum atomic E-state index is -0.597. The van der Waals surface area contributed by atoms with E-state index in [-0.39, 0.29) is 5.91 Å². The summed E-state index contributed by atoms with van der Waals surface area (Å²) in [4.78, 5) is 12.0. The molecule has 0 aliphatic rings. The molecule has 1 amide bonds. The lowest BCUT2D eigenvalue weighted by atomic mass is 10.3. The number of ether oxygens (including phenoxy) is 1. The molecule has 5 heteroatoms. The van der Waals surface area contributed by atoms with Crippen molar-refractivity contribution < 1.29 is 9.53 Å². The van der Waals surface area contributed by atoms with Crippen molar-refractivity contribution in [2.24, 2.45) is 0 Å². The number of benzene rings is 2. The molecule has 0 bridgehead atoms. The summed E-state index contributed by atoms with van der Waals surface area (Å²) in [7, 11) is 0. The number of halogens is 2. The zero-order valence-electron chi connectivity index (χ0n) is 10.8. The van der Waals surface area contributed by atoms with Gasteiger partial charge in [0.25, 0.3) is 5.91 Å². The molecule has 1 N–H and O–H groups in total. The summed E-state index contributed by atoms with van der Waals surface area (Å²) < 4.78 is 6.51. The lowest BCUT2D eigenvalue weighted by molar-refractivity contribution is -0.122. The van der Waals surface area contributed by atoms with Gasteiger partial charge in [-0.2, -0.15) is 0 Å². The van der Waals surface area contributed by atoms with Crippen LogP contribution in [0.5, 0.6) is 5.75 Å². The van der Waals surface area contributed by atoms with E-state index in [1.165, 1.54) is 0 Å². The van der Waals surface area contributed by atoms with Crippen molar-refractivity contribution in [1.29, 1.82) is 0 Å². The van der Waals surface area contributed by atoms with E-state index >= 15 is 0 Å². The summed E-state index contributed by atoms with van der Waals surface area (Å²) in [5, 5.41) is 3.42. The molecule has 0 aromatic heterocycles. The Labute approximate surface area is 131 Å². The molecule has 0 spiro atoms. The number of carbonyl (C=O) groups is 1. The molecule has 20 heavy (non-hydrogen) atoms. The fraction of sp³-hybridized carbons (Fsp3) is 0.133. The van der Waals surface area contributed by atoms with Crippen LogP contribution < -0.4 is 10.1 Å². The monoisotopic (exact) mass is 353 g/mol. The highest BCUT2D eigenvalue weighted by Gasteiger charge is 2.14. The van der Waals surface area contributed by atoms with Crippen LogP contribution in [0, 0.1) is 0 Å². The first kappa shape index (κ1) is 14.9. The van der Waals surface area contributed by atoms with E-state index in [2.05, 4.69) is 21.2 Å². The quantitative estimate of drug-likeness (QED) is 0.877. The van der Waals surface area contributed by atoms with Crippen LogP contribution in [-0.4, -0.2) is 12.0 Å². The molecule has 2 aromatic rings. The Balaban J connectivity index is 1.94. The third-order valence-electron chi connectivity index (χ3n) is 2.61. The molecule has 0 unspecified atom stereocenters. The number of nitrogens with one attached hydrogen (secondary N) is 1. The van der Waals surface area contributed by atoms with E-state index in [0.717, 1.165) is 10.2 Å². The molecule has 104 valence electrons. The van der Waals surface area contributed by atoms with Crippen LogP contribution in [0.3, 0.4) is 0 Å². The van der Waals surface area contributed by atoms with Crippen LogP contribution in [0.2, 0.25) is 5.02 Å². The molecule has 0 saturated heterocycles. The van der Waals surface area contributed by atoms with E-state index in [1.807, 2.05) is 24.3 Å². The summed E-state index contributed by atoms with van der Waals surface area (Å²) >= 11 is 9.13. The van der Waals surface area contributed by atoms with Gasteiger partial charge in [-0.15, -0.1) is 0 Å². The van der Waals surface area contributed by atoms with Gasteiger partial charge in [-0.3, -0.25) is 4.79 Å². The van der Waals surface area contributed by atoms with Gasteiger partial charge in [-0.25, -0.2) is 0 Å². The van der Waals surface area contributed by atoms with Gasteiger partial charge < -0.3 is 10.1 Å². The van der Waals surface area contributed by atoms with Crippen molar-refractivity contribution in [3.63, 3.8) is 0 Å². The van der Waals surface area contributed by atoms with Crippen molar-refractivity contribution in [3.05, 3.63) is 58.0 Å². The van der Waals surface area contributed by atoms with Crippen LogP contribution in [0.15, 0.2) is 53.0 Å². The molecule has 0 radical (unpaired) electrons. The summed E-state index contributed by atoms with van der Waals surface area (Å²) in [6.07, 6.45) is -0.597. The number of anilines is 1. The fourth-order valence-corrected chi connectivity index (χ4v) is 1.94. The Hall–Kier alpha value is -1.52. The van der Waals surface area contributed by atoms with Crippen molar-refractivity contribution in [2.45, 2.75) is 13.0 Å². The van der Waals surface area contributed by atoms with Gasteiger partial charge in [-0.05, 0) is 55.5 Å². The molecule has 0 saturated carbocycles. The van der Waals surface area contributed by atoms with Gasteiger partial charge >= 0.3 is 0 Å². The Morgan fingerprint density at radius 1 is 1.15 bits per heavy atom. The van der Waals surface area contributed by atoms with Crippen LogP contribution >= 0.6 is 27.5 Å². The van der Waals surface area contributed by atoms with Gasteiger partial charge in [0.05, 0.1) is 0 Å². The van der Waals surface area contributed by atoms with Gasteiger partial charge in [-0.1, -0.05) is 27.5 Å². The van der Waals surface area contributed by atoms with Gasteiger partial charge in [0.1, 0.15) is 5.75 Å².